The molecule has 9 heteroatoms. The van der Waals surface area contributed by atoms with Crippen molar-refractivity contribution in [2.45, 2.75) is 6.29 Å². The molecular weight excluding hydrogens is 324 g/mol. The molecule has 2 aromatic carbocycles. The van der Waals surface area contributed by atoms with Gasteiger partial charge in [-0.25, -0.2) is 4.98 Å². The van der Waals surface area contributed by atoms with Gasteiger partial charge in [-0.2, -0.15) is 0 Å². The molecule has 0 aliphatic carbocycles. The SMILES string of the molecule is O=C(Nc1nc2cc3c(cc2[nH]1)OC(F)(F)O3)c1cccc(O)c1. The Morgan fingerprint density at radius 3 is 2.71 bits per heavy atom. The number of nitrogens with zero attached hydrogens (tertiary/aromatic N) is 1. The molecule has 0 radical (unpaired) electrons. The second kappa shape index (κ2) is 4.82. The minimum absolute atomic E-state index is 0.0427. The van der Waals surface area contributed by atoms with Crippen LogP contribution >= 0.6 is 0 Å². The summed E-state index contributed by atoms with van der Waals surface area (Å²) in [5.41, 5.74) is 0.951. The third-order valence-corrected chi connectivity index (χ3v) is 3.35. The van der Waals surface area contributed by atoms with E-state index in [2.05, 4.69) is 24.8 Å². The highest BCUT2D eigenvalue weighted by atomic mass is 19.3. The molecule has 1 aliphatic rings. The molecule has 0 spiro atoms. The number of rotatable bonds is 2. The number of alkyl halides is 2. The van der Waals surface area contributed by atoms with Crippen molar-refractivity contribution in [3.05, 3.63) is 42.0 Å². The zero-order valence-corrected chi connectivity index (χ0v) is 11.8. The molecule has 122 valence electrons. The first-order valence-electron chi connectivity index (χ1n) is 6.80. The number of nitrogens with one attached hydrogen (secondary N) is 2. The maximum Gasteiger partial charge on any atom is 0.586 e. The summed E-state index contributed by atoms with van der Waals surface area (Å²) in [4.78, 5) is 19.0. The van der Waals surface area contributed by atoms with E-state index in [9.17, 15) is 18.7 Å². The monoisotopic (exact) mass is 333 g/mol. The van der Waals surface area contributed by atoms with Gasteiger partial charge >= 0.3 is 6.29 Å². The summed E-state index contributed by atoms with van der Waals surface area (Å²) in [5.74, 6) is -0.670. The van der Waals surface area contributed by atoms with Gasteiger partial charge in [-0.15, -0.1) is 8.78 Å². The molecule has 3 aromatic rings. The highest BCUT2D eigenvalue weighted by Crippen LogP contribution is 2.42. The average molecular weight is 333 g/mol. The molecule has 1 aliphatic heterocycles. The number of hydrogen-bond donors (Lipinski definition) is 3. The molecule has 7 nitrogen and oxygen atoms in total. The van der Waals surface area contributed by atoms with Crippen LogP contribution in [0.4, 0.5) is 14.7 Å². The molecule has 0 fully saturated rings. The van der Waals surface area contributed by atoms with E-state index in [1.54, 1.807) is 0 Å². The van der Waals surface area contributed by atoms with Crippen LogP contribution in [0.15, 0.2) is 36.4 Å². The Morgan fingerprint density at radius 2 is 1.96 bits per heavy atom. The Bertz CT molecular complexity index is 926. The minimum atomic E-state index is -3.70. The van der Waals surface area contributed by atoms with Crippen LogP contribution in [0.25, 0.3) is 11.0 Å². The zero-order valence-electron chi connectivity index (χ0n) is 11.8. The van der Waals surface area contributed by atoms with Crippen LogP contribution in [0.2, 0.25) is 0 Å². The van der Waals surface area contributed by atoms with Gasteiger partial charge in [0.15, 0.2) is 11.5 Å². The van der Waals surface area contributed by atoms with Gasteiger partial charge in [0.25, 0.3) is 5.91 Å². The molecule has 2 heterocycles. The van der Waals surface area contributed by atoms with Gasteiger partial charge in [0.1, 0.15) is 5.75 Å². The van der Waals surface area contributed by atoms with Crippen LogP contribution in [0.3, 0.4) is 0 Å². The van der Waals surface area contributed by atoms with Gasteiger partial charge in [-0.3, -0.25) is 10.1 Å². The average Bonchev–Trinajstić information content (AvgIpc) is 3.01. The lowest BCUT2D eigenvalue weighted by atomic mass is 10.2. The number of aromatic amines is 1. The Balaban J connectivity index is 1.61. The van der Waals surface area contributed by atoms with Crippen molar-refractivity contribution in [1.29, 1.82) is 0 Å². The first-order valence-corrected chi connectivity index (χ1v) is 6.80. The number of amides is 1. The highest BCUT2D eigenvalue weighted by Gasteiger charge is 2.43. The predicted octanol–water partition coefficient (Wildman–Crippen LogP) is 2.84. The molecule has 1 amide bonds. The minimum Gasteiger partial charge on any atom is -0.508 e. The van der Waals surface area contributed by atoms with Gasteiger partial charge in [0, 0.05) is 17.7 Å². The largest absolute Gasteiger partial charge is 0.586 e. The number of anilines is 1. The van der Waals surface area contributed by atoms with E-state index < -0.39 is 12.2 Å². The van der Waals surface area contributed by atoms with Crippen molar-refractivity contribution in [3.63, 3.8) is 0 Å². The summed E-state index contributed by atoms with van der Waals surface area (Å²) in [6.07, 6.45) is -3.70. The van der Waals surface area contributed by atoms with Crippen molar-refractivity contribution in [2.75, 3.05) is 5.32 Å². The van der Waals surface area contributed by atoms with E-state index in [-0.39, 0.29) is 28.8 Å². The van der Waals surface area contributed by atoms with E-state index in [1.807, 2.05) is 0 Å². The molecule has 0 atom stereocenters. The highest BCUT2D eigenvalue weighted by molar-refractivity contribution is 6.04. The van der Waals surface area contributed by atoms with Crippen molar-refractivity contribution >= 4 is 22.9 Å². The quantitative estimate of drug-likeness (QED) is 0.670. The van der Waals surface area contributed by atoms with Gasteiger partial charge in [-0.05, 0) is 18.2 Å². The first-order chi connectivity index (χ1) is 11.4. The first kappa shape index (κ1) is 14.2. The maximum absolute atomic E-state index is 13.0. The Kier molecular flexibility index (Phi) is 2.86. The normalized spacial score (nSPS) is 14.8. The molecule has 0 bridgehead atoms. The molecular formula is C15H9F2N3O4. The van der Waals surface area contributed by atoms with Crippen molar-refractivity contribution in [2.24, 2.45) is 0 Å². The third-order valence-electron chi connectivity index (χ3n) is 3.35. The number of imidazole rings is 1. The second-order valence-electron chi connectivity index (χ2n) is 5.07. The van der Waals surface area contributed by atoms with Crippen LogP contribution in [0.5, 0.6) is 17.2 Å². The topological polar surface area (TPSA) is 96.5 Å². The molecule has 24 heavy (non-hydrogen) atoms. The number of ether oxygens (including phenoxy) is 2. The maximum atomic E-state index is 13.0. The van der Waals surface area contributed by atoms with Crippen LogP contribution in [0, 0.1) is 0 Å². The number of aromatic hydroxyl groups is 1. The molecule has 4 rings (SSSR count). The summed E-state index contributed by atoms with van der Waals surface area (Å²) >= 11 is 0. The zero-order chi connectivity index (χ0) is 16.9. The fraction of sp³-hybridized carbons (Fsp3) is 0.0667. The van der Waals surface area contributed by atoms with E-state index in [4.69, 9.17) is 0 Å². The van der Waals surface area contributed by atoms with E-state index in [1.165, 1.54) is 36.4 Å². The van der Waals surface area contributed by atoms with Crippen LogP contribution in [-0.4, -0.2) is 27.3 Å². The fourth-order valence-electron chi connectivity index (χ4n) is 2.34. The third kappa shape index (κ3) is 2.45. The number of hydrogen-bond acceptors (Lipinski definition) is 5. The van der Waals surface area contributed by atoms with Crippen LogP contribution in [-0.2, 0) is 0 Å². The molecule has 0 saturated carbocycles. The predicted molar refractivity (Wildman–Crippen MR) is 78.4 cm³/mol. The summed E-state index contributed by atoms with van der Waals surface area (Å²) in [7, 11) is 0. The van der Waals surface area contributed by atoms with Gasteiger partial charge < -0.3 is 19.6 Å². The fourth-order valence-corrected chi connectivity index (χ4v) is 2.34. The molecule has 3 N–H and O–H groups in total. The Labute approximate surface area is 132 Å². The lowest BCUT2D eigenvalue weighted by Crippen LogP contribution is -2.25. The van der Waals surface area contributed by atoms with Crippen molar-refractivity contribution < 1.29 is 28.2 Å². The molecule has 0 unspecified atom stereocenters. The van der Waals surface area contributed by atoms with Crippen molar-refractivity contribution in [1.82, 2.24) is 9.97 Å². The number of benzene rings is 2. The summed E-state index contributed by atoms with van der Waals surface area (Å²) in [5, 5.41) is 11.9. The summed E-state index contributed by atoms with van der Waals surface area (Å²) in [6.45, 7) is 0. The van der Waals surface area contributed by atoms with E-state index in [0.29, 0.717) is 11.0 Å². The van der Waals surface area contributed by atoms with E-state index in [0.717, 1.165) is 0 Å². The van der Waals surface area contributed by atoms with E-state index >= 15 is 0 Å². The number of phenols is 1. The standard InChI is InChI=1S/C15H9F2N3O4/c16-15(17)23-11-5-9-10(6-12(11)24-15)19-14(18-9)20-13(22)7-2-1-3-8(21)4-7/h1-6,21H,(H2,18,19,20,22). The molecule has 0 saturated heterocycles. The number of phenolic OH excluding ortho intramolecular Hbond substituents is 1. The molecule has 1 aromatic heterocycles. The summed E-state index contributed by atoms with van der Waals surface area (Å²) < 4.78 is 34.7. The van der Waals surface area contributed by atoms with Crippen molar-refractivity contribution in [3.8, 4) is 17.2 Å². The second-order valence-corrected chi connectivity index (χ2v) is 5.07. The van der Waals surface area contributed by atoms with Gasteiger partial charge in [0.05, 0.1) is 11.0 Å². The Hall–Kier alpha value is -3.36. The number of halogens is 2. The lowest BCUT2D eigenvalue weighted by molar-refractivity contribution is -0.286. The van der Waals surface area contributed by atoms with Crippen LogP contribution < -0.4 is 14.8 Å². The van der Waals surface area contributed by atoms with Crippen LogP contribution in [0.1, 0.15) is 10.4 Å². The Morgan fingerprint density at radius 1 is 1.21 bits per heavy atom. The number of H-pyrrole nitrogens is 1. The summed E-state index contributed by atoms with van der Waals surface area (Å²) in [6, 6.07) is 8.39. The number of carbonyl (C=O) groups excluding carboxylic acids is 1. The number of aromatic nitrogens is 2. The van der Waals surface area contributed by atoms with Gasteiger partial charge in [-0.1, -0.05) is 6.07 Å². The smallest absolute Gasteiger partial charge is 0.508 e. The lowest BCUT2D eigenvalue weighted by Gasteiger charge is -2.04. The number of fused-ring (bicyclic) bond motifs is 2. The number of carbonyl (C=O) groups is 1. The van der Waals surface area contributed by atoms with Gasteiger partial charge in [0.2, 0.25) is 5.95 Å².